The SMILES string of the molecule is COc1cc(C(=O)N(C)C2CCCCC2)ccc1O. The molecular weight excluding hydrogens is 242 g/mol. The average Bonchev–Trinajstić information content (AvgIpc) is 2.47. The zero-order valence-corrected chi connectivity index (χ0v) is 11.6. The molecule has 0 saturated heterocycles. The maximum Gasteiger partial charge on any atom is 0.253 e. The number of hydrogen-bond acceptors (Lipinski definition) is 3. The first kappa shape index (κ1) is 13.7. The molecule has 1 N–H and O–H groups in total. The van der Waals surface area contributed by atoms with Crippen LogP contribution in [0, 0.1) is 0 Å². The molecule has 0 bridgehead atoms. The zero-order valence-electron chi connectivity index (χ0n) is 11.6. The maximum absolute atomic E-state index is 12.4. The lowest BCUT2D eigenvalue weighted by molar-refractivity contribution is 0.0696. The molecule has 1 aliphatic carbocycles. The number of methoxy groups -OCH3 is 1. The van der Waals surface area contributed by atoms with Crippen molar-refractivity contribution in [3.05, 3.63) is 23.8 Å². The molecule has 0 aliphatic heterocycles. The van der Waals surface area contributed by atoms with Crippen LogP contribution in [-0.2, 0) is 0 Å². The Morgan fingerprint density at radius 2 is 2.00 bits per heavy atom. The van der Waals surface area contributed by atoms with E-state index in [1.807, 2.05) is 11.9 Å². The van der Waals surface area contributed by atoms with Crippen LogP contribution in [0.3, 0.4) is 0 Å². The number of nitrogens with zero attached hydrogens (tertiary/aromatic N) is 1. The Kier molecular flexibility index (Phi) is 4.30. The van der Waals surface area contributed by atoms with Crippen LogP contribution in [-0.4, -0.2) is 36.1 Å². The topological polar surface area (TPSA) is 49.8 Å². The van der Waals surface area contributed by atoms with Crippen LogP contribution in [0.25, 0.3) is 0 Å². The lowest BCUT2D eigenvalue weighted by Gasteiger charge is -2.31. The van der Waals surface area contributed by atoms with Crippen LogP contribution in [0.15, 0.2) is 18.2 Å². The van der Waals surface area contributed by atoms with E-state index < -0.39 is 0 Å². The number of carbonyl (C=O) groups excluding carboxylic acids is 1. The summed E-state index contributed by atoms with van der Waals surface area (Å²) in [5.41, 5.74) is 0.558. The zero-order chi connectivity index (χ0) is 13.8. The van der Waals surface area contributed by atoms with E-state index in [1.54, 1.807) is 12.1 Å². The Balaban J connectivity index is 2.14. The highest BCUT2D eigenvalue weighted by atomic mass is 16.5. The van der Waals surface area contributed by atoms with E-state index in [1.165, 1.54) is 32.4 Å². The molecule has 104 valence electrons. The minimum absolute atomic E-state index is 0.00907. The van der Waals surface area contributed by atoms with Gasteiger partial charge in [0, 0.05) is 18.7 Å². The lowest BCUT2D eigenvalue weighted by Crippen LogP contribution is -2.38. The molecule has 0 unspecified atom stereocenters. The largest absolute Gasteiger partial charge is 0.504 e. The summed E-state index contributed by atoms with van der Waals surface area (Å²) < 4.78 is 5.04. The van der Waals surface area contributed by atoms with Crippen molar-refractivity contribution in [1.82, 2.24) is 4.90 Å². The van der Waals surface area contributed by atoms with E-state index in [4.69, 9.17) is 4.74 Å². The molecule has 0 radical (unpaired) electrons. The highest BCUT2D eigenvalue weighted by molar-refractivity contribution is 5.95. The summed E-state index contributed by atoms with van der Waals surface area (Å²) >= 11 is 0. The standard InChI is InChI=1S/C15H21NO3/c1-16(12-6-4-3-5-7-12)15(18)11-8-9-13(17)14(10-11)19-2/h8-10,12,17H,3-7H2,1-2H3. The predicted octanol–water partition coefficient (Wildman–Crippen LogP) is 2.81. The number of benzene rings is 1. The number of ether oxygens (including phenoxy) is 1. The van der Waals surface area contributed by atoms with Gasteiger partial charge in [0.05, 0.1) is 7.11 Å². The van der Waals surface area contributed by atoms with Crippen molar-refractivity contribution in [1.29, 1.82) is 0 Å². The van der Waals surface area contributed by atoms with Gasteiger partial charge in [0.1, 0.15) is 0 Å². The van der Waals surface area contributed by atoms with E-state index in [9.17, 15) is 9.90 Å². The van der Waals surface area contributed by atoms with E-state index in [0.29, 0.717) is 17.4 Å². The summed E-state index contributed by atoms with van der Waals surface area (Å²) in [6, 6.07) is 5.07. The van der Waals surface area contributed by atoms with Crippen LogP contribution in [0.4, 0.5) is 0 Å². The van der Waals surface area contributed by atoms with Gasteiger partial charge < -0.3 is 14.7 Å². The number of aromatic hydroxyl groups is 1. The summed E-state index contributed by atoms with van der Waals surface area (Å²) in [4.78, 5) is 14.2. The second-order valence-corrected chi connectivity index (χ2v) is 5.09. The van der Waals surface area contributed by atoms with Crippen molar-refractivity contribution in [3.8, 4) is 11.5 Å². The van der Waals surface area contributed by atoms with Gasteiger partial charge in [0.2, 0.25) is 0 Å². The normalized spacial score (nSPS) is 16.1. The Hall–Kier alpha value is -1.71. The monoisotopic (exact) mass is 263 g/mol. The van der Waals surface area contributed by atoms with Gasteiger partial charge in [0.15, 0.2) is 11.5 Å². The molecule has 1 amide bonds. The van der Waals surface area contributed by atoms with Crippen LogP contribution in [0.2, 0.25) is 0 Å². The third kappa shape index (κ3) is 3.00. The van der Waals surface area contributed by atoms with Gasteiger partial charge in [-0.05, 0) is 31.0 Å². The molecule has 2 rings (SSSR count). The van der Waals surface area contributed by atoms with Crippen molar-refractivity contribution >= 4 is 5.91 Å². The highest BCUT2D eigenvalue weighted by Crippen LogP contribution is 2.28. The number of phenolic OH excluding ortho intramolecular Hbond substituents is 1. The molecule has 1 saturated carbocycles. The molecule has 0 spiro atoms. The number of phenols is 1. The Morgan fingerprint density at radius 3 is 2.63 bits per heavy atom. The van der Waals surface area contributed by atoms with Gasteiger partial charge in [0.25, 0.3) is 5.91 Å². The number of carbonyl (C=O) groups is 1. The molecule has 0 atom stereocenters. The highest BCUT2D eigenvalue weighted by Gasteiger charge is 2.23. The molecule has 1 aliphatic rings. The molecule has 4 nitrogen and oxygen atoms in total. The summed E-state index contributed by atoms with van der Waals surface area (Å²) in [7, 11) is 3.34. The maximum atomic E-state index is 12.4. The fourth-order valence-electron chi connectivity index (χ4n) is 2.65. The first-order valence-electron chi connectivity index (χ1n) is 6.77. The average molecular weight is 263 g/mol. The second kappa shape index (κ2) is 5.95. The molecule has 19 heavy (non-hydrogen) atoms. The number of amides is 1. The first-order valence-corrected chi connectivity index (χ1v) is 6.77. The molecular formula is C15H21NO3. The second-order valence-electron chi connectivity index (χ2n) is 5.09. The van der Waals surface area contributed by atoms with Crippen molar-refractivity contribution in [3.63, 3.8) is 0 Å². The van der Waals surface area contributed by atoms with Gasteiger partial charge >= 0.3 is 0 Å². The minimum atomic E-state index is -0.00907. The van der Waals surface area contributed by atoms with Crippen molar-refractivity contribution in [2.75, 3.05) is 14.2 Å². The Morgan fingerprint density at radius 1 is 1.32 bits per heavy atom. The van der Waals surface area contributed by atoms with Crippen molar-refractivity contribution < 1.29 is 14.6 Å². The fourth-order valence-corrected chi connectivity index (χ4v) is 2.65. The summed E-state index contributed by atoms with van der Waals surface area (Å²) in [5, 5.41) is 9.55. The van der Waals surface area contributed by atoms with E-state index in [2.05, 4.69) is 0 Å². The summed E-state index contributed by atoms with van der Waals surface area (Å²) in [5.74, 6) is 0.382. The van der Waals surface area contributed by atoms with Crippen molar-refractivity contribution in [2.45, 2.75) is 38.1 Å². The fraction of sp³-hybridized carbons (Fsp3) is 0.533. The van der Waals surface area contributed by atoms with E-state index in [-0.39, 0.29) is 11.7 Å². The van der Waals surface area contributed by atoms with Gasteiger partial charge in [-0.15, -0.1) is 0 Å². The van der Waals surface area contributed by atoms with Gasteiger partial charge in [-0.2, -0.15) is 0 Å². The number of hydrogen-bond donors (Lipinski definition) is 1. The van der Waals surface area contributed by atoms with Gasteiger partial charge in [-0.3, -0.25) is 4.79 Å². The van der Waals surface area contributed by atoms with E-state index >= 15 is 0 Å². The Bertz CT molecular complexity index is 453. The molecule has 0 heterocycles. The van der Waals surface area contributed by atoms with Crippen LogP contribution >= 0.6 is 0 Å². The predicted molar refractivity (Wildman–Crippen MR) is 73.6 cm³/mol. The molecule has 1 aromatic rings. The smallest absolute Gasteiger partial charge is 0.253 e. The summed E-state index contributed by atoms with van der Waals surface area (Å²) in [6.45, 7) is 0. The molecule has 1 fully saturated rings. The Labute approximate surface area is 114 Å². The third-order valence-electron chi connectivity index (χ3n) is 3.87. The number of rotatable bonds is 3. The van der Waals surface area contributed by atoms with Crippen LogP contribution in [0.1, 0.15) is 42.5 Å². The third-order valence-corrected chi connectivity index (χ3v) is 3.87. The van der Waals surface area contributed by atoms with E-state index in [0.717, 1.165) is 12.8 Å². The van der Waals surface area contributed by atoms with Crippen molar-refractivity contribution in [2.24, 2.45) is 0 Å². The van der Waals surface area contributed by atoms with Crippen LogP contribution < -0.4 is 4.74 Å². The first-order chi connectivity index (χ1) is 9.13. The summed E-state index contributed by atoms with van der Waals surface area (Å²) in [6.07, 6.45) is 5.82. The van der Waals surface area contributed by atoms with Gasteiger partial charge in [-0.1, -0.05) is 19.3 Å². The lowest BCUT2D eigenvalue weighted by atomic mass is 9.94. The molecule has 4 heteroatoms. The van der Waals surface area contributed by atoms with Gasteiger partial charge in [-0.25, -0.2) is 0 Å². The molecule has 0 aromatic heterocycles. The van der Waals surface area contributed by atoms with Crippen LogP contribution in [0.5, 0.6) is 11.5 Å². The molecule has 1 aromatic carbocycles. The minimum Gasteiger partial charge on any atom is -0.504 e. The quantitative estimate of drug-likeness (QED) is 0.912.